The van der Waals surface area contributed by atoms with Crippen LogP contribution in [-0.4, -0.2) is 5.11 Å². The van der Waals surface area contributed by atoms with E-state index in [1.807, 2.05) is 38.1 Å². The molecule has 0 aliphatic carbocycles. The van der Waals surface area contributed by atoms with Gasteiger partial charge < -0.3 is 10.6 Å². The van der Waals surface area contributed by atoms with Crippen molar-refractivity contribution in [1.82, 2.24) is 10.6 Å². The molecule has 0 saturated carbocycles. The number of benzene rings is 1. The Bertz CT molecular complexity index is 418. The Labute approximate surface area is 102 Å². The van der Waals surface area contributed by atoms with E-state index in [0.29, 0.717) is 5.11 Å². The maximum Gasteiger partial charge on any atom is 0.174 e. The van der Waals surface area contributed by atoms with Crippen LogP contribution in [0.4, 0.5) is 0 Å². The molecule has 0 unspecified atom stereocenters. The monoisotopic (exact) mass is 232 g/mol. The van der Waals surface area contributed by atoms with Crippen molar-refractivity contribution >= 4 is 23.0 Å². The van der Waals surface area contributed by atoms with E-state index in [4.69, 9.17) is 12.2 Å². The summed E-state index contributed by atoms with van der Waals surface area (Å²) in [5.74, 6) is 0. The van der Waals surface area contributed by atoms with Gasteiger partial charge in [-0.1, -0.05) is 43.0 Å². The highest BCUT2D eigenvalue weighted by Gasteiger charge is 2.00. The van der Waals surface area contributed by atoms with Crippen LogP contribution in [0, 0.1) is 6.92 Å². The molecular formula is C13H16N2S. The smallest absolute Gasteiger partial charge is 0.174 e. The van der Waals surface area contributed by atoms with Gasteiger partial charge in [-0.05, 0) is 31.6 Å². The van der Waals surface area contributed by atoms with E-state index in [1.165, 1.54) is 5.56 Å². The van der Waals surface area contributed by atoms with Gasteiger partial charge in [0.15, 0.2) is 5.11 Å². The molecule has 0 heterocycles. The lowest BCUT2D eigenvalue weighted by Crippen LogP contribution is -2.32. The topological polar surface area (TPSA) is 24.1 Å². The number of allylic oxidation sites excluding steroid dienone is 1. The largest absolute Gasteiger partial charge is 0.337 e. The highest BCUT2D eigenvalue weighted by molar-refractivity contribution is 7.80. The molecule has 0 aromatic heterocycles. The van der Waals surface area contributed by atoms with E-state index in [-0.39, 0.29) is 0 Å². The van der Waals surface area contributed by atoms with Crippen molar-refractivity contribution < 1.29 is 0 Å². The number of rotatable bonds is 3. The second-order valence-electron chi connectivity index (χ2n) is 3.70. The maximum absolute atomic E-state index is 5.09. The van der Waals surface area contributed by atoms with Crippen molar-refractivity contribution in [2.45, 2.75) is 13.8 Å². The Morgan fingerprint density at radius 1 is 1.12 bits per heavy atom. The van der Waals surface area contributed by atoms with Crippen LogP contribution in [0.5, 0.6) is 0 Å². The van der Waals surface area contributed by atoms with Gasteiger partial charge in [0.05, 0.1) is 0 Å². The Morgan fingerprint density at radius 3 is 2.19 bits per heavy atom. The van der Waals surface area contributed by atoms with Gasteiger partial charge >= 0.3 is 0 Å². The number of hydrogen-bond donors (Lipinski definition) is 2. The van der Waals surface area contributed by atoms with E-state index in [2.05, 4.69) is 23.8 Å². The lowest BCUT2D eigenvalue weighted by atomic mass is 10.1. The number of nitrogens with one attached hydrogen (secondary N) is 2. The van der Waals surface area contributed by atoms with E-state index >= 15 is 0 Å². The molecule has 3 heteroatoms. The molecule has 1 rings (SSSR count). The molecular weight excluding hydrogens is 216 g/mol. The summed E-state index contributed by atoms with van der Waals surface area (Å²) < 4.78 is 0. The molecule has 84 valence electrons. The first kappa shape index (κ1) is 12.5. The summed E-state index contributed by atoms with van der Waals surface area (Å²) in [6.07, 6.45) is 0. The fourth-order valence-corrected chi connectivity index (χ4v) is 1.49. The molecule has 0 amide bonds. The van der Waals surface area contributed by atoms with Gasteiger partial charge in [0.25, 0.3) is 0 Å². The third kappa shape index (κ3) is 3.87. The standard InChI is InChI=1S/C13H16N2S/c1-9(2)14-13(16)15-11(4)12-7-5-10(3)6-8-12/h5-8H,1,4H2,2-3H3,(H2,14,15,16). The van der Waals surface area contributed by atoms with Crippen LogP contribution in [0.25, 0.3) is 5.70 Å². The Hall–Kier alpha value is -1.61. The molecule has 0 radical (unpaired) electrons. The summed E-state index contributed by atoms with van der Waals surface area (Å²) in [6.45, 7) is 11.6. The zero-order valence-corrected chi connectivity index (χ0v) is 10.4. The van der Waals surface area contributed by atoms with Crippen LogP contribution in [0.2, 0.25) is 0 Å². The van der Waals surface area contributed by atoms with Crippen LogP contribution in [0.3, 0.4) is 0 Å². The summed E-state index contributed by atoms with van der Waals surface area (Å²) in [6, 6.07) is 8.09. The molecule has 1 aromatic carbocycles. The van der Waals surface area contributed by atoms with Crippen molar-refractivity contribution in [3.8, 4) is 0 Å². The third-order valence-electron chi connectivity index (χ3n) is 1.99. The van der Waals surface area contributed by atoms with Crippen molar-refractivity contribution in [2.75, 3.05) is 0 Å². The number of thiocarbonyl (C=S) groups is 1. The van der Waals surface area contributed by atoms with Crippen molar-refractivity contribution in [1.29, 1.82) is 0 Å². The summed E-state index contributed by atoms with van der Waals surface area (Å²) in [7, 11) is 0. The molecule has 0 aliphatic heterocycles. The molecule has 0 fully saturated rings. The molecule has 0 spiro atoms. The summed E-state index contributed by atoms with van der Waals surface area (Å²) in [5, 5.41) is 6.44. The Balaban J connectivity index is 2.62. The first-order valence-electron chi connectivity index (χ1n) is 4.98. The SMILES string of the molecule is C=C(C)NC(=S)NC(=C)c1ccc(C)cc1. The first-order valence-corrected chi connectivity index (χ1v) is 5.39. The van der Waals surface area contributed by atoms with Gasteiger partial charge in [-0.15, -0.1) is 0 Å². The quantitative estimate of drug-likeness (QED) is 0.783. The molecule has 2 nitrogen and oxygen atoms in total. The van der Waals surface area contributed by atoms with Crippen LogP contribution in [0.1, 0.15) is 18.1 Å². The third-order valence-corrected chi connectivity index (χ3v) is 2.20. The van der Waals surface area contributed by atoms with Gasteiger partial charge in [-0.2, -0.15) is 0 Å². The molecule has 1 aromatic rings. The van der Waals surface area contributed by atoms with E-state index in [1.54, 1.807) is 0 Å². The first-order chi connectivity index (χ1) is 7.49. The minimum absolute atomic E-state index is 0.512. The van der Waals surface area contributed by atoms with Gasteiger partial charge in [-0.25, -0.2) is 0 Å². The Kier molecular flexibility index (Phi) is 4.26. The average Bonchev–Trinajstić information content (AvgIpc) is 2.16. The second-order valence-corrected chi connectivity index (χ2v) is 4.11. The normalized spacial score (nSPS) is 9.38. The predicted molar refractivity (Wildman–Crippen MR) is 73.9 cm³/mol. The van der Waals surface area contributed by atoms with Crippen LogP contribution in [-0.2, 0) is 0 Å². The summed E-state index contributed by atoms with van der Waals surface area (Å²) in [5.41, 5.74) is 3.82. The molecule has 2 N–H and O–H groups in total. The lowest BCUT2D eigenvalue weighted by molar-refractivity contribution is 1.09. The fourth-order valence-electron chi connectivity index (χ4n) is 1.19. The van der Waals surface area contributed by atoms with Crippen LogP contribution >= 0.6 is 12.2 Å². The van der Waals surface area contributed by atoms with Crippen molar-refractivity contribution in [3.63, 3.8) is 0 Å². The van der Waals surface area contributed by atoms with Crippen molar-refractivity contribution in [2.24, 2.45) is 0 Å². The number of hydrogen-bond acceptors (Lipinski definition) is 1. The lowest BCUT2D eigenvalue weighted by Gasteiger charge is -2.12. The highest BCUT2D eigenvalue weighted by atomic mass is 32.1. The predicted octanol–water partition coefficient (Wildman–Crippen LogP) is 2.96. The maximum atomic E-state index is 5.09. The van der Waals surface area contributed by atoms with Crippen molar-refractivity contribution in [3.05, 3.63) is 54.2 Å². The fraction of sp³-hybridized carbons (Fsp3) is 0.154. The molecule has 0 atom stereocenters. The van der Waals surface area contributed by atoms with Gasteiger partial charge in [0.2, 0.25) is 0 Å². The van der Waals surface area contributed by atoms with E-state index < -0.39 is 0 Å². The average molecular weight is 232 g/mol. The summed E-state index contributed by atoms with van der Waals surface area (Å²) >= 11 is 5.09. The van der Waals surface area contributed by atoms with Gasteiger partial charge in [0.1, 0.15) is 0 Å². The Morgan fingerprint density at radius 2 is 1.69 bits per heavy atom. The van der Waals surface area contributed by atoms with Gasteiger partial charge in [-0.3, -0.25) is 0 Å². The zero-order chi connectivity index (χ0) is 12.1. The van der Waals surface area contributed by atoms with E-state index in [0.717, 1.165) is 17.0 Å². The summed E-state index contributed by atoms with van der Waals surface area (Å²) in [4.78, 5) is 0. The van der Waals surface area contributed by atoms with Crippen LogP contribution in [0.15, 0.2) is 43.1 Å². The zero-order valence-electron chi connectivity index (χ0n) is 9.63. The highest BCUT2D eigenvalue weighted by Crippen LogP contribution is 2.10. The molecule has 16 heavy (non-hydrogen) atoms. The molecule has 0 bridgehead atoms. The second kappa shape index (κ2) is 5.47. The number of aryl methyl sites for hydroxylation is 1. The molecule has 0 aliphatic rings. The minimum Gasteiger partial charge on any atom is -0.337 e. The van der Waals surface area contributed by atoms with Crippen LogP contribution < -0.4 is 10.6 Å². The molecule has 0 saturated heterocycles. The van der Waals surface area contributed by atoms with E-state index in [9.17, 15) is 0 Å². The van der Waals surface area contributed by atoms with Gasteiger partial charge in [0, 0.05) is 11.4 Å². The minimum atomic E-state index is 0.512.